The molecule has 5 nitrogen and oxygen atoms in total. The van der Waals surface area contributed by atoms with Gasteiger partial charge in [0.25, 0.3) is 0 Å². The molecule has 0 unspecified atom stereocenters. The van der Waals surface area contributed by atoms with Gasteiger partial charge in [0.2, 0.25) is 0 Å². The summed E-state index contributed by atoms with van der Waals surface area (Å²) in [5.41, 5.74) is -0.0705. The molecule has 0 amide bonds. The molecule has 1 aromatic heterocycles. The minimum atomic E-state index is -0.503. The van der Waals surface area contributed by atoms with Crippen LogP contribution in [0, 0.1) is 16.0 Å². The van der Waals surface area contributed by atoms with Gasteiger partial charge in [0.05, 0.1) is 4.92 Å². The first-order valence-electron chi connectivity index (χ1n) is 4.19. The second kappa shape index (κ2) is 4.90. The van der Waals surface area contributed by atoms with Gasteiger partial charge in [0.15, 0.2) is 5.16 Å². The quantitative estimate of drug-likeness (QED) is 0.331. The lowest BCUT2D eigenvalue weighted by Gasteiger charge is -2.01. The highest BCUT2D eigenvalue weighted by molar-refractivity contribution is 7.99. The summed E-state index contributed by atoms with van der Waals surface area (Å²) in [6.07, 6.45) is 2.46. The Bertz CT molecular complexity index is 313. The molecule has 0 fully saturated rings. The van der Waals surface area contributed by atoms with Crippen molar-refractivity contribution >= 4 is 17.4 Å². The van der Waals surface area contributed by atoms with E-state index in [2.05, 4.69) is 23.8 Å². The van der Waals surface area contributed by atoms with E-state index in [1.165, 1.54) is 24.2 Å². The van der Waals surface area contributed by atoms with Gasteiger partial charge in [-0.15, -0.1) is 0 Å². The van der Waals surface area contributed by atoms with Crippen molar-refractivity contribution < 1.29 is 4.92 Å². The summed E-state index contributed by atoms with van der Waals surface area (Å²) in [6.45, 7) is 4.19. The molecule has 0 N–H and O–H groups in total. The topological polar surface area (TPSA) is 68.9 Å². The van der Waals surface area contributed by atoms with Crippen molar-refractivity contribution in [1.29, 1.82) is 0 Å². The molecule has 0 aromatic carbocycles. The molecule has 1 heterocycles. The number of aromatic nitrogens is 2. The van der Waals surface area contributed by atoms with Crippen molar-refractivity contribution in [1.82, 2.24) is 9.97 Å². The Morgan fingerprint density at radius 1 is 1.50 bits per heavy atom. The first-order valence-corrected chi connectivity index (χ1v) is 5.17. The van der Waals surface area contributed by atoms with Gasteiger partial charge in [-0.3, -0.25) is 10.1 Å². The number of nitrogens with zero attached hydrogens (tertiary/aromatic N) is 3. The summed E-state index contributed by atoms with van der Waals surface area (Å²) in [4.78, 5) is 17.6. The lowest BCUT2D eigenvalue weighted by atomic mass is 10.3. The third kappa shape index (κ3) is 3.29. The highest BCUT2D eigenvalue weighted by atomic mass is 32.2. The van der Waals surface area contributed by atoms with E-state index in [1.54, 1.807) is 0 Å². The molecule has 0 atom stereocenters. The van der Waals surface area contributed by atoms with E-state index < -0.39 is 4.92 Å². The maximum absolute atomic E-state index is 10.3. The minimum absolute atomic E-state index is 0.0705. The second-order valence-corrected chi connectivity index (χ2v) is 4.17. The van der Waals surface area contributed by atoms with Gasteiger partial charge in [-0.1, -0.05) is 25.6 Å². The van der Waals surface area contributed by atoms with E-state index in [1.807, 2.05) is 0 Å². The zero-order valence-electron chi connectivity index (χ0n) is 8.01. The fourth-order valence-electron chi connectivity index (χ4n) is 0.719. The van der Waals surface area contributed by atoms with Gasteiger partial charge in [0.1, 0.15) is 12.4 Å². The summed E-state index contributed by atoms with van der Waals surface area (Å²) >= 11 is 1.50. The van der Waals surface area contributed by atoms with Gasteiger partial charge in [-0.2, -0.15) is 0 Å². The molecule has 0 aliphatic heterocycles. The van der Waals surface area contributed by atoms with Crippen LogP contribution in [0.1, 0.15) is 13.8 Å². The van der Waals surface area contributed by atoms with Crippen molar-refractivity contribution in [3.8, 4) is 0 Å². The third-order valence-electron chi connectivity index (χ3n) is 1.37. The molecule has 6 heteroatoms. The molecule has 0 aliphatic carbocycles. The summed E-state index contributed by atoms with van der Waals surface area (Å²) in [5, 5.41) is 10.9. The predicted octanol–water partition coefficient (Wildman–Crippen LogP) is 2.13. The molecule has 0 bridgehead atoms. The van der Waals surface area contributed by atoms with E-state index in [4.69, 9.17) is 0 Å². The van der Waals surface area contributed by atoms with Crippen molar-refractivity contribution in [3.63, 3.8) is 0 Å². The Hall–Kier alpha value is -1.17. The molecule has 1 aromatic rings. The molecular formula is C8H11N3O2S. The van der Waals surface area contributed by atoms with Gasteiger partial charge in [-0.25, -0.2) is 9.97 Å². The Morgan fingerprint density at radius 3 is 2.50 bits per heavy atom. The largest absolute Gasteiger partial charge is 0.305 e. The fourth-order valence-corrected chi connectivity index (χ4v) is 1.46. The van der Waals surface area contributed by atoms with Gasteiger partial charge >= 0.3 is 5.69 Å². The number of rotatable bonds is 4. The number of hydrogen-bond acceptors (Lipinski definition) is 5. The number of thioether (sulfide) groups is 1. The zero-order chi connectivity index (χ0) is 10.6. The van der Waals surface area contributed by atoms with E-state index >= 15 is 0 Å². The maximum atomic E-state index is 10.3. The maximum Gasteiger partial charge on any atom is 0.305 e. The molecule has 14 heavy (non-hydrogen) atoms. The number of nitro groups is 1. The Kier molecular flexibility index (Phi) is 3.82. The highest BCUT2D eigenvalue weighted by Gasteiger charge is 2.07. The van der Waals surface area contributed by atoms with Crippen molar-refractivity contribution in [2.24, 2.45) is 5.92 Å². The van der Waals surface area contributed by atoms with E-state index in [0.29, 0.717) is 11.1 Å². The summed E-state index contributed by atoms with van der Waals surface area (Å²) in [7, 11) is 0. The van der Waals surface area contributed by atoms with Gasteiger partial charge < -0.3 is 0 Å². The van der Waals surface area contributed by atoms with Gasteiger partial charge in [0, 0.05) is 5.75 Å². The third-order valence-corrected chi connectivity index (χ3v) is 2.67. The monoisotopic (exact) mass is 213 g/mol. The van der Waals surface area contributed by atoms with Crippen LogP contribution in [0.25, 0.3) is 0 Å². The average Bonchev–Trinajstić information content (AvgIpc) is 2.15. The van der Waals surface area contributed by atoms with Crippen LogP contribution in [-0.4, -0.2) is 20.6 Å². The molecule has 0 spiro atoms. The second-order valence-electron chi connectivity index (χ2n) is 3.19. The average molecular weight is 213 g/mol. The molecule has 0 saturated heterocycles. The normalized spacial score (nSPS) is 10.5. The van der Waals surface area contributed by atoms with Crippen molar-refractivity contribution in [2.45, 2.75) is 19.0 Å². The van der Waals surface area contributed by atoms with Crippen molar-refractivity contribution in [3.05, 3.63) is 22.5 Å². The van der Waals surface area contributed by atoms with Crippen LogP contribution < -0.4 is 0 Å². The summed E-state index contributed by atoms with van der Waals surface area (Å²) in [5.74, 6) is 1.47. The predicted molar refractivity (Wildman–Crippen MR) is 54.2 cm³/mol. The fraction of sp³-hybridized carbons (Fsp3) is 0.500. The lowest BCUT2D eigenvalue weighted by molar-refractivity contribution is -0.385. The smallest absolute Gasteiger partial charge is 0.258 e. The highest BCUT2D eigenvalue weighted by Crippen LogP contribution is 2.17. The van der Waals surface area contributed by atoms with E-state index in [0.717, 1.165) is 5.75 Å². The zero-order valence-corrected chi connectivity index (χ0v) is 8.82. The molecular weight excluding hydrogens is 202 g/mol. The van der Waals surface area contributed by atoms with Crippen LogP contribution in [0.4, 0.5) is 5.69 Å². The van der Waals surface area contributed by atoms with Crippen molar-refractivity contribution in [2.75, 3.05) is 5.75 Å². The van der Waals surface area contributed by atoms with E-state index in [-0.39, 0.29) is 5.69 Å². The molecule has 1 rings (SSSR count). The Labute approximate surface area is 86.1 Å². The first-order chi connectivity index (χ1) is 6.59. The van der Waals surface area contributed by atoms with Crippen LogP contribution in [0.5, 0.6) is 0 Å². The molecule has 0 saturated carbocycles. The van der Waals surface area contributed by atoms with Crippen LogP contribution in [0.3, 0.4) is 0 Å². The van der Waals surface area contributed by atoms with Gasteiger partial charge in [-0.05, 0) is 5.92 Å². The minimum Gasteiger partial charge on any atom is -0.258 e. The van der Waals surface area contributed by atoms with Crippen LogP contribution in [0.15, 0.2) is 17.6 Å². The van der Waals surface area contributed by atoms with E-state index in [9.17, 15) is 10.1 Å². The Morgan fingerprint density at radius 2 is 2.07 bits per heavy atom. The lowest BCUT2D eigenvalue weighted by Crippen LogP contribution is -1.95. The first kappa shape index (κ1) is 10.9. The standard InChI is InChI=1S/C8H11N3O2S/c1-6(2)5-14-8-9-3-7(4-10-8)11(12)13/h3-4,6H,5H2,1-2H3. The molecule has 76 valence electrons. The summed E-state index contributed by atoms with van der Waals surface area (Å²) < 4.78 is 0. The van der Waals surface area contributed by atoms with Crippen LogP contribution in [-0.2, 0) is 0 Å². The SMILES string of the molecule is CC(C)CSc1ncc([N+](=O)[O-])cn1. The Balaban J connectivity index is 2.60. The van der Waals surface area contributed by atoms with Crippen LogP contribution >= 0.6 is 11.8 Å². The number of hydrogen-bond donors (Lipinski definition) is 0. The molecule has 0 aliphatic rings. The molecule has 0 radical (unpaired) electrons. The van der Waals surface area contributed by atoms with Crippen LogP contribution in [0.2, 0.25) is 0 Å². The summed E-state index contributed by atoms with van der Waals surface area (Å²) in [6, 6.07) is 0.